The molecule has 784 valence electrons. The molecule has 2 atom stereocenters. The Labute approximate surface area is 809 Å². The van der Waals surface area contributed by atoms with Crippen molar-refractivity contribution < 1.29 is 85.6 Å². The molecule has 0 unspecified atom stereocenters. The van der Waals surface area contributed by atoms with Crippen molar-refractivity contribution in [3.63, 3.8) is 0 Å². The van der Waals surface area contributed by atoms with Crippen LogP contribution >= 0.6 is 0 Å². The molecule has 0 aromatic carbocycles. The topological polar surface area (TPSA) is 213 Å². The monoisotopic (exact) mass is 1860 g/mol. The van der Waals surface area contributed by atoms with Gasteiger partial charge in [0.15, 0.2) is 23.1 Å². The summed E-state index contributed by atoms with van der Waals surface area (Å²) in [4.78, 5) is 67.6. The molecule has 0 rings (SSSR count). The second-order valence-electron chi connectivity index (χ2n) is 50.6. The molecule has 18 nitrogen and oxygen atoms in total. The van der Waals surface area contributed by atoms with Gasteiger partial charge < -0.3 is 56.8 Å². The number of rotatable bonds is 59. The SMILES string of the molecule is CC(C)(C)CCOCCCCOCC(=O)C(C)(C)C.CC(C)(C)CCOCCOCCC(C)(C)C.CC(C)C(=O)CCOCCCCCC(C)(C)C.CC(C)C(=O)COCCC(C)(C)C.CC(C)C(=O)COCCCCC(C)(C)C.CC(C)C(=O)COCCCOCCC(C)(C)C.CC(C)C(=O)OCCCCCC(C)(C)C.C[C@@H](OCCC(C)(C)C)[C@@H](C)OCCC(C)(C)C. The smallest absolute Gasteiger partial charge is 0.308 e. The lowest BCUT2D eigenvalue weighted by Crippen LogP contribution is -2.28. The second-order valence-corrected chi connectivity index (χ2v) is 50.6. The lowest BCUT2D eigenvalue weighted by molar-refractivity contribution is -0.147. The van der Waals surface area contributed by atoms with Crippen molar-refractivity contribution >= 4 is 34.9 Å². The summed E-state index contributed by atoms with van der Waals surface area (Å²) in [5.41, 5.74) is 3.38. The third kappa shape index (κ3) is 136. The first kappa shape index (κ1) is 143. The van der Waals surface area contributed by atoms with Gasteiger partial charge in [-0.15, -0.1) is 0 Å². The van der Waals surface area contributed by atoms with Crippen molar-refractivity contribution in [2.24, 2.45) is 89.2 Å². The molecular weight excluding hydrogens is 1630 g/mol. The maximum absolute atomic E-state index is 11.6. The highest BCUT2D eigenvalue weighted by molar-refractivity contribution is 5.85. The Kier molecular flexibility index (Phi) is 88.1. The molecule has 0 saturated carbocycles. The molecule has 18 heteroatoms. The molecule has 0 aliphatic heterocycles. The number of hydrogen-bond donors (Lipinski definition) is 0. The van der Waals surface area contributed by atoms with Crippen LogP contribution in [0.2, 0.25) is 0 Å². The van der Waals surface area contributed by atoms with Gasteiger partial charge >= 0.3 is 5.97 Å². The van der Waals surface area contributed by atoms with Gasteiger partial charge in [0, 0.05) is 121 Å². The summed E-state index contributed by atoms with van der Waals surface area (Å²) in [6.45, 7) is 109. The van der Waals surface area contributed by atoms with Crippen molar-refractivity contribution in [2.75, 3.05) is 139 Å². The van der Waals surface area contributed by atoms with Gasteiger partial charge in [0.1, 0.15) is 32.2 Å². The van der Waals surface area contributed by atoms with Crippen LogP contribution in [0, 0.1) is 89.2 Å². The van der Waals surface area contributed by atoms with Gasteiger partial charge in [-0.05, 0) is 171 Å². The average molecular weight is 1860 g/mol. The predicted octanol–water partition coefficient (Wildman–Crippen LogP) is 29.6. The molecule has 130 heavy (non-hydrogen) atoms. The highest BCUT2D eigenvalue weighted by Crippen LogP contribution is 2.28. The van der Waals surface area contributed by atoms with Crippen LogP contribution in [0.1, 0.15) is 453 Å². The molecule has 0 saturated heterocycles. The molecular formula is C112H228O18. The number of unbranched alkanes of at least 4 members (excludes halogenated alkanes) is 6. The summed E-state index contributed by atoms with van der Waals surface area (Å²) in [6, 6.07) is 0. The van der Waals surface area contributed by atoms with Gasteiger partial charge in [-0.3, -0.25) is 28.8 Å². The lowest BCUT2D eigenvalue weighted by Gasteiger charge is -2.25. The first-order valence-corrected chi connectivity index (χ1v) is 51.2. The minimum atomic E-state index is -0.296. The van der Waals surface area contributed by atoms with Crippen molar-refractivity contribution in [1.29, 1.82) is 0 Å². The second kappa shape index (κ2) is 80.2. The molecule has 0 aliphatic rings. The first-order valence-electron chi connectivity index (χ1n) is 51.2. The molecule has 0 fully saturated rings. The number of ketones is 5. The Bertz CT molecular complexity index is 2470. The maximum Gasteiger partial charge on any atom is 0.308 e. The molecule has 0 aromatic rings. The molecule has 0 aliphatic carbocycles. The van der Waals surface area contributed by atoms with E-state index in [9.17, 15) is 28.8 Å². The number of esters is 1. The van der Waals surface area contributed by atoms with Crippen LogP contribution in [0.15, 0.2) is 0 Å². The van der Waals surface area contributed by atoms with Crippen LogP contribution < -0.4 is 0 Å². The molecule has 0 aromatic heterocycles. The van der Waals surface area contributed by atoms with Crippen LogP contribution in [0.3, 0.4) is 0 Å². The van der Waals surface area contributed by atoms with Crippen molar-refractivity contribution in [2.45, 2.75) is 465 Å². The van der Waals surface area contributed by atoms with Gasteiger partial charge in [0.05, 0.1) is 44.6 Å². The van der Waals surface area contributed by atoms with Crippen molar-refractivity contribution in [3.05, 3.63) is 0 Å². The number of ether oxygens (including phenoxy) is 12. The van der Waals surface area contributed by atoms with Crippen LogP contribution in [0.25, 0.3) is 0 Å². The fourth-order valence-corrected chi connectivity index (χ4v) is 9.59. The Morgan fingerprint density at radius 1 is 0.192 bits per heavy atom. The molecule has 0 N–H and O–H groups in total. The first-order chi connectivity index (χ1) is 59.0. The normalized spacial score (nSPS) is 12.9. The van der Waals surface area contributed by atoms with Crippen molar-refractivity contribution in [3.8, 4) is 0 Å². The maximum atomic E-state index is 11.6. The van der Waals surface area contributed by atoms with E-state index in [0.717, 1.165) is 156 Å². The van der Waals surface area contributed by atoms with Gasteiger partial charge in [0.2, 0.25) is 0 Å². The van der Waals surface area contributed by atoms with E-state index in [4.69, 9.17) is 56.8 Å². The van der Waals surface area contributed by atoms with E-state index in [2.05, 4.69) is 222 Å². The third-order valence-electron chi connectivity index (χ3n) is 20.2. The lowest BCUT2D eigenvalue weighted by atomic mass is 9.89. The van der Waals surface area contributed by atoms with Gasteiger partial charge in [-0.25, -0.2) is 0 Å². The largest absolute Gasteiger partial charge is 0.465 e. The van der Waals surface area contributed by atoms with E-state index in [0.29, 0.717) is 113 Å². The van der Waals surface area contributed by atoms with E-state index in [1.165, 1.54) is 44.9 Å². The van der Waals surface area contributed by atoms with Crippen molar-refractivity contribution in [1.82, 2.24) is 0 Å². The van der Waals surface area contributed by atoms with Gasteiger partial charge in [-0.1, -0.05) is 330 Å². The summed E-state index contributed by atoms with van der Waals surface area (Å²) in [6.07, 6.45) is 24.2. The van der Waals surface area contributed by atoms with E-state index >= 15 is 0 Å². The van der Waals surface area contributed by atoms with E-state index in [-0.39, 0.29) is 103 Å². The minimum absolute atomic E-state index is 0.000393. The van der Waals surface area contributed by atoms with Gasteiger partial charge in [0.25, 0.3) is 0 Å². The highest BCUT2D eigenvalue weighted by atomic mass is 16.5. The van der Waals surface area contributed by atoms with E-state index < -0.39 is 0 Å². The zero-order chi connectivity index (χ0) is 103. The Morgan fingerprint density at radius 2 is 0.408 bits per heavy atom. The average Bonchev–Trinajstić information content (AvgIpc) is 0.915. The summed E-state index contributed by atoms with van der Waals surface area (Å²) in [5.74, 6) is 1.34. The molecule has 0 radical (unpaired) electrons. The predicted molar refractivity (Wildman–Crippen MR) is 554 cm³/mol. The fraction of sp³-hybridized carbons (Fsp3) is 0.946. The number of Topliss-reactive ketones (excluding diaryl/α,β-unsaturated/α-hetero) is 5. The molecule has 0 spiro atoms. The Morgan fingerprint density at radius 3 is 0.692 bits per heavy atom. The fourth-order valence-electron chi connectivity index (χ4n) is 9.59. The summed E-state index contributed by atoms with van der Waals surface area (Å²) < 4.78 is 65.6. The Hall–Kier alpha value is -2.62. The molecule has 0 bridgehead atoms. The number of carbonyl (C=O) groups excluding carboxylic acids is 6. The standard InChI is InChI=1S/C16H32O3.C16H34O2.C15H30O2.C14H28O3.C14H30O2.2C13H26O2.C11H22O2/c1-15(2,3)9-12-18-10-7-8-11-19-13-14(17)16(4,5)6;1-13(17-11-9-15(3,4)5)14(2)18-12-10-16(6,7)8;1-13(2)14(16)9-12-17-11-8-6-7-10-15(3,4)5;1-12(2)13(15)11-17-9-6-8-16-10-7-14(3,4)5;1-13(2,3)7-9-15-11-12-16-10-8-14(4,5)6;1-11(2)12(14)10-15-9-7-6-8-13(3,4)5;1-11(2)12(14)15-10-8-6-7-9-13(3,4)5;1-9(2)10(12)8-13-7-6-11(3,4)5/h7-13H2,1-6H3;13-14H,9-12H2,1-8H3;13H,6-12H2,1-5H3;12H,6-11H2,1-5H3;7-12H2,1-6H3;2*11H,6-10H2,1-5H3;9H,6-8H2,1-5H3/t;13-,14-;;;;;;/m.1....../s1. The summed E-state index contributed by atoms with van der Waals surface area (Å²) in [5, 5.41) is 0. The zero-order valence-electron chi connectivity index (χ0n) is 95.3. The minimum Gasteiger partial charge on any atom is -0.465 e. The third-order valence-corrected chi connectivity index (χ3v) is 20.2. The number of carbonyl (C=O) groups is 6. The van der Waals surface area contributed by atoms with E-state index in [1.807, 2.05) is 90.0 Å². The highest BCUT2D eigenvalue weighted by Gasteiger charge is 2.23. The quantitative estimate of drug-likeness (QED) is 0.0409. The molecule has 0 amide bonds. The van der Waals surface area contributed by atoms with Crippen LogP contribution in [-0.4, -0.2) is 186 Å². The van der Waals surface area contributed by atoms with Crippen LogP contribution in [0.4, 0.5) is 0 Å². The molecule has 0 heterocycles. The zero-order valence-corrected chi connectivity index (χ0v) is 95.3. The van der Waals surface area contributed by atoms with Crippen LogP contribution in [-0.2, 0) is 85.6 Å². The van der Waals surface area contributed by atoms with Gasteiger partial charge in [-0.2, -0.15) is 0 Å². The summed E-state index contributed by atoms with van der Waals surface area (Å²) >= 11 is 0. The number of hydrogen-bond acceptors (Lipinski definition) is 18. The van der Waals surface area contributed by atoms with E-state index in [1.54, 1.807) is 0 Å². The summed E-state index contributed by atoms with van der Waals surface area (Å²) in [7, 11) is 0. The Balaban J connectivity index is -0.000000219. The van der Waals surface area contributed by atoms with Crippen LogP contribution in [0.5, 0.6) is 0 Å².